The smallest absolute Gasteiger partial charge is 0.325 e. The first-order valence-corrected chi connectivity index (χ1v) is 12.2. The molecule has 40 heavy (non-hydrogen) atoms. The number of urea groups is 2. The van der Waals surface area contributed by atoms with Gasteiger partial charge in [-0.3, -0.25) is 9.79 Å². The van der Waals surface area contributed by atoms with Crippen molar-refractivity contribution in [1.29, 1.82) is 0 Å². The molecule has 1 aliphatic rings. The van der Waals surface area contributed by atoms with Crippen LogP contribution in [0.25, 0.3) is 0 Å². The number of pyridine rings is 1. The van der Waals surface area contributed by atoms with Gasteiger partial charge in [-0.05, 0) is 54.7 Å². The maximum Gasteiger partial charge on any atom is 0.325 e. The van der Waals surface area contributed by atoms with E-state index in [1.807, 2.05) is 0 Å². The number of benzene rings is 2. The lowest BCUT2D eigenvalue weighted by Gasteiger charge is -2.39. The lowest BCUT2D eigenvalue weighted by atomic mass is 9.85. The van der Waals surface area contributed by atoms with E-state index in [9.17, 15) is 23.9 Å². The number of aromatic nitrogens is 1. The highest BCUT2D eigenvalue weighted by molar-refractivity contribution is 6.30. The Bertz CT molecular complexity index is 1340. The molecule has 0 bridgehead atoms. The fourth-order valence-corrected chi connectivity index (χ4v) is 3.49. The van der Waals surface area contributed by atoms with E-state index in [4.69, 9.17) is 21.1 Å². The van der Waals surface area contributed by atoms with Gasteiger partial charge in [-0.1, -0.05) is 29.8 Å². The largest absolute Gasteiger partial charge is 0.481 e. The molecule has 1 saturated heterocycles. The average Bonchev–Trinajstić information content (AvgIpc) is 2.92. The molecule has 2 heterocycles. The SMILES string of the molecule is C=Nc1ccc(Oc2cccc(F)n2)cc1.CNC(=O)N(CC1(C(=O)O)COC1)C(=O)NCc1ccc(Cl)cc1. The minimum atomic E-state index is -1.26. The molecule has 210 valence electrons. The molecule has 3 N–H and O–H groups in total. The van der Waals surface area contributed by atoms with Crippen molar-refractivity contribution in [2.75, 3.05) is 26.8 Å². The van der Waals surface area contributed by atoms with E-state index in [1.54, 1.807) is 54.6 Å². The molecule has 0 atom stereocenters. The number of nitrogens with zero attached hydrogens (tertiary/aromatic N) is 3. The van der Waals surface area contributed by atoms with Gasteiger partial charge >= 0.3 is 18.0 Å². The number of carbonyl (C=O) groups excluding carboxylic acids is 2. The Morgan fingerprint density at radius 3 is 2.33 bits per heavy atom. The summed E-state index contributed by atoms with van der Waals surface area (Å²) in [5, 5.41) is 14.8. The number of carboxylic acid groups (broad SMARTS) is 1. The minimum Gasteiger partial charge on any atom is -0.481 e. The number of nitrogens with one attached hydrogen (secondary N) is 2. The zero-order valence-corrected chi connectivity index (χ0v) is 22.2. The van der Waals surface area contributed by atoms with Gasteiger partial charge in [-0.25, -0.2) is 14.5 Å². The second kappa shape index (κ2) is 14.0. The Morgan fingerprint density at radius 1 is 1.12 bits per heavy atom. The van der Waals surface area contributed by atoms with Gasteiger partial charge < -0.3 is 25.2 Å². The molecule has 0 unspecified atom stereocenters. The highest BCUT2D eigenvalue weighted by atomic mass is 35.5. The third kappa shape index (κ3) is 8.22. The fourth-order valence-electron chi connectivity index (χ4n) is 3.37. The Kier molecular flexibility index (Phi) is 10.5. The van der Waals surface area contributed by atoms with E-state index in [0.717, 1.165) is 16.2 Å². The fraction of sp³-hybridized carbons (Fsp3) is 0.222. The molecule has 1 aromatic heterocycles. The van der Waals surface area contributed by atoms with Gasteiger partial charge in [0.25, 0.3) is 0 Å². The maximum absolute atomic E-state index is 12.8. The number of rotatable bonds is 8. The summed E-state index contributed by atoms with van der Waals surface area (Å²) in [7, 11) is 1.37. The second-order valence-corrected chi connectivity index (χ2v) is 8.99. The number of amides is 4. The molecule has 0 spiro atoms. The Balaban J connectivity index is 0.000000238. The number of halogens is 2. The van der Waals surface area contributed by atoms with Crippen LogP contribution in [0, 0.1) is 11.4 Å². The number of carbonyl (C=O) groups is 3. The number of imide groups is 1. The number of aliphatic carboxylic acids is 1. The highest BCUT2D eigenvalue weighted by Gasteiger charge is 2.49. The number of aliphatic imine (C=N–C) groups is 1. The van der Waals surface area contributed by atoms with Crippen LogP contribution in [0.4, 0.5) is 19.7 Å². The van der Waals surface area contributed by atoms with Crippen LogP contribution in [0.5, 0.6) is 11.6 Å². The van der Waals surface area contributed by atoms with Crippen LogP contribution < -0.4 is 15.4 Å². The topological polar surface area (TPSA) is 142 Å². The number of hydrogen-bond acceptors (Lipinski definition) is 7. The van der Waals surface area contributed by atoms with Crippen LogP contribution in [0.15, 0.2) is 71.7 Å². The average molecular weight is 572 g/mol. The van der Waals surface area contributed by atoms with E-state index in [2.05, 4.69) is 27.3 Å². The summed E-state index contributed by atoms with van der Waals surface area (Å²) in [6, 6.07) is 16.8. The predicted molar refractivity (Wildman–Crippen MR) is 146 cm³/mol. The summed E-state index contributed by atoms with van der Waals surface area (Å²) >= 11 is 5.79. The Hall–Kier alpha value is -4.55. The van der Waals surface area contributed by atoms with Crippen molar-refractivity contribution < 1.29 is 33.4 Å². The molecule has 3 aromatic rings. The van der Waals surface area contributed by atoms with E-state index >= 15 is 0 Å². The van der Waals surface area contributed by atoms with Crippen LogP contribution >= 0.6 is 11.6 Å². The normalized spacial score (nSPS) is 13.0. The summed E-state index contributed by atoms with van der Waals surface area (Å²) in [4.78, 5) is 43.8. The lowest BCUT2D eigenvalue weighted by molar-refractivity contribution is -0.180. The van der Waals surface area contributed by atoms with Crippen molar-refractivity contribution in [3.05, 3.63) is 83.3 Å². The van der Waals surface area contributed by atoms with E-state index < -0.39 is 29.4 Å². The van der Waals surface area contributed by atoms with Gasteiger partial charge in [0, 0.05) is 24.7 Å². The molecule has 4 rings (SSSR count). The van der Waals surface area contributed by atoms with Crippen molar-refractivity contribution in [2.45, 2.75) is 6.54 Å². The standard InChI is InChI=1S/C15H18ClN3O5.C12H9FN2O/c1-17-13(22)19(7-15(12(20)21)8-24-9-15)14(23)18-6-10-2-4-11(16)5-3-10;1-14-9-5-7-10(8-6-9)16-12-4-2-3-11(13)15-12/h2-5H,6-9H2,1H3,(H,17,22)(H,18,23)(H,20,21);2-8H,1H2. The zero-order valence-electron chi connectivity index (χ0n) is 21.5. The van der Waals surface area contributed by atoms with E-state index in [-0.39, 0.29) is 32.2 Å². The van der Waals surface area contributed by atoms with Crippen LogP contribution in [-0.4, -0.2) is 66.5 Å². The highest BCUT2D eigenvalue weighted by Crippen LogP contribution is 2.29. The van der Waals surface area contributed by atoms with Gasteiger partial charge in [0.2, 0.25) is 11.8 Å². The van der Waals surface area contributed by atoms with Gasteiger partial charge in [0.1, 0.15) is 11.2 Å². The number of hydrogen-bond donors (Lipinski definition) is 3. The van der Waals surface area contributed by atoms with Crippen molar-refractivity contribution in [3.8, 4) is 11.6 Å². The van der Waals surface area contributed by atoms with Crippen molar-refractivity contribution in [2.24, 2.45) is 10.4 Å². The summed E-state index contributed by atoms with van der Waals surface area (Å²) in [5.74, 6) is -0.875. The summed E-state index contributed by atoms with van der Waals surface area (Å²) < 4.78 is 23.1. The van der Waals surface area contributed by atoms with Crippen molar-refractivity contribution >= 4 is 42.0 Å². The third-order valence-electron chi connectivity index (χ3n) is 5.66. The minimum absolute atomic E-state index is 0.0414. The summed E-state index contributed by atoms with van der Waals surface area (Å²) in [5.41, 5.74) is 0.286. The molecular weight excluding hydrogens is 545 g/mol. The number of carboxylic acids is 1. The zero-order chi connectivity index (χ0) is 29.1. The number of ether oxygens (including phenoxy) is 2. The van der Waals surface area contributed by atoms with Crippen LogP contribution in [0.3, 0.4) is 0 Å². The van der Waals surface area contributed by atoms with Crippen LogP contribution in [0.2, 0.25) is 5.02 Å². The first-order chi connectivity index (χ1) is 19.2. The second-order valence-electron chi connectivity index (χ2n) is 8.56. The molecule has 11 nitrogen and oxygen atoms in total. The van der Waals surface area contributed by atoms with Crippen LogP contribution in [0.1, 0.15) is 5.56 Å². The monoisotopic (exact) mass is 571 g/mol. The van der Waals surface area contributed by atoms with Crippen LogP contribution in [-0.2, 0) is 16.1 Å². The van der Waals surface area contributed by atoms with E-state index in [0.29, 0.717) is 10.8 Å². The van der Waals surface area contributed by atoms with Crippen molar-refractivity contribution in [3.63, 3.8) is 0 Å². The third-order valence-corrected chi connectivity index (χ3v) is 5.92. The molecule has 0 saturated carbocycles. The first kappa shape index (κ1) is 30.0. The first-order valence-electron chi connectivity index (χ1n) is 11.9. The molecule has 2 aromatic carbocycles. The lowest BCUT2D eigenvalue weighted by Crippen LogP contribution is -2.60. The molecule has 0 aliphatic carbocycles. The molecule has 1 fully saturated rings. The van der Waals surface area contributed by atoms with Gasteiger partial charge in [0.05, 0.1) is 25.4 Å². The summed E-state index contributed by atoms with van der Waals surface area (Å²) in [6.07, 6.45) is 0. The summed E-state index contributed by atoms with van der Waals surface area (Å²) in [6.45, 7) is 3.23. The van der Waals surface area contributed by atoms with Gasteiger partial charge in [-0.15, -0.1) is 0 Å². The molecule has 13 heteroatoms. The van der Waals surface area contributed by atoms with E-state index in [1.165, 1.54) is 19.2 Å². The Morgan fingerprint density at radius 2 is 1.80 bits per heavy atom. The van der Waals surface area contributed by atoms with Crippen molar-refractivity contribution in [1.82, 2.24) is 20.5 Å². The molecule has 1 aliphatic heterocycles. The van der Waals surface area contributed by atoms with Gasteiger partial charge in [0.15, 0.2) is 0 Å². The van der Waals surface area contributed by atoms with Gasteiger partial charge in [-0.2, -0.15) is 9.37 Å². The molecule has 4 amide bonds. The quantitative estimate of drug-likeness (QED) is 0.264. The molecule has 0 radical (unpaired) electrons. The Labute approximate surface area is 234 Å². The maximum atomic E-state index is 12.8. The predicted octanol–water partition coefficient (Wildman–Crippen LogP) is 4.64. The molecular formula is C27H27ClFN5O6.